The molecular formula is C21H28O8. The van der Waals surface area contributed by atoms with E-state index in [-0.39, 0.29) is 18.7 Å². The third kappa shape index (κ3) is 2.68. The zero-order chi connectivity index (χ0) is 21.2. The Kier molecular flexibility index (Phi) is 4.59. The molecule has 29 heavy (non-hydrogen) atoms. The highest BCUT2D eigenvalue weighted by Gasteiger charge is 2.86. The van der Waals surface area contributed by atoms with E-state index in [0.717, 1.165) is 6.42 Å². The first kappa shape index (κ1) is 20.3. The van der Waals surface area contributed by atoms with Crippen LogP contribution >= 0.6 is 0 Å². The van der Waals surface area contributed by atoms with Crippen molar-refractivity contribution >= 4 is 17.9 Å². The normalized spacial score (nSPS) is 44.5. The van der Waals surface area contributed by atoms with Crippen LogP contribution in [0.3, 0.4) is 0 Å². The predicted molar refractivity (Wildman–Crippen MR) is 98.6 cm³/mol. The maximum atomic E-state index is 12.0. The number of hydrogen-bond acceptors (Lipinski definition) is 8. The standard InChI is InChI=1S/C21H28O8/c1-11-6-7-20(9-25-12(2)22)15(8-11)29-18-16(27-13(3)23)17(28-14(4)24)19(20,5)21(18)10-26-21/h8,15-18H,6-7,9-10H2,1-5H3/t15-,16-,17-,18-,19?,20-,21?/m1/s1. The minimum absolute atomic E-state index is 0.107. The molecule has 3 fully saturated rings. The number of epoxide rings is 1. The molecule has 2 heterocycles. The zero-order valence-electron chi connectivity index (χ0n) is 17.5. The second-order valence-electron chi connectivity index (χ2n) is 8.91. The molecule has 4 rings (SSSR count). The summed E-state index contributed by atoms with van der Waals surface area (Å²) >= 11 is 0. The van der Waals surface area contributed by atoms with Gasteiger partial charge in [0, 0.05) is 26.2 Å². The van der Waals surface area contributed by atoms with E-state index in [0.29, 0.717) is 13.0 Å². The third-order valence-corrected chi connectivity index (χ3v) is 7.36. The molecule has 1 saturated carbocycles. The lowest BCUT2D eigenvalue weighted by Crippen LogP contribution is -2.66. The number of carbonyl (C=O) groups is 3. The Bertz CT molecular complexity index is 784. The lowest BCUT2D eigenvalue weighted by Gasteiger charge is -2.57. The molecule has 0 amide bonds. The van der Waals surface area contributed by atoms with Crippen LogP contribution < -0.4 is 0 Å². The molecule has 1 spiro atoms. The van der Waals surface area contributed by atoms with Gasteiger partial charge in [-0.25, -0.2) is 0 Å². The molecule has 2 bridgehead atoms. The number of allylic oxidation sites excluding steroid dienone is 1. The van der Waals surface area contributed by atoms with Crippen molar-refractivity contribution in [1.29, 1.82) is 0 Å². The molecule has 0 aromatic heterocycles. The van der Waals surface area contributed by atoms with Crippen LogP contribution in [-0.2, 0) is 38.1 Å². The smallest absolute Gasteiger partial charge is 0.303 e. The average Bonchev–Trinajstić information content (AvgIpc) is 3.40. The number of ether oxygens (including phenoxy) is 5. The quantitative estimate of drug-likeness (QED) is 0.300. The van der Waals surface area contributed by atoms with Gasteiger partial charge in [-0.1, -0.05) is 18.6 Å². The Hall–Kier alpha value is -1.93. The first-order valence-corrected chi connectivity index (χ1v) is 10.0. The van der Waals surface area contributed by atoms with Crippen LogP contribution in [0.5, 0.6) is 0 Å². The summed E-state index contributed by atoms with van der Waals surface area (Å²) < 4.78 is 29.4. The minimum Gasteiger partial charge on any atom is -0.465 e. The molecule has 2 aliphatic carbocycles. The van der Waals surface area contributed by atoms with Crippen LogP contribution in [0.25, 0.3) is 0 Å². The minimum atomic E-state index is -0.794. The highest BCUT2D eigenvalue weighted by molar-refractivity contribution is 5.68. The van der Waals surface area contributed by atoms with Crippen molar-refractivity contribution in [3.8, 4) is 0 Å². The fourth-order valence-electron chi connectivity index (χ4n) is 5.88. The Labute approximate surface area is 169 Å². The average molecular weight is 408 g/mol. The molecule has 0 aromatic rings. The second kappa shape index (κ2) is 6.54. The van der Waals surface area contributed by atoms with E-state index in [2.05, 4.69) is 6.08 Å². The fraction of sp³-hybridized carbons (Fsp3) is 0.762. The molecular weight excluding hydrogens is 380 g/mol. The van der Waals surface area contributed by atoms with Crippen LogP contribution in [0.4, 0.5) is 0 Å². The van der Waals surface area contributed by atoms with Crippen LogP contribution in [0, 0.1) is 10.8 Å². The van der Waals surface area contributed by atoms with Gasteiger partial charge in [-0.15, -0.1) is 0 Å². The molecule has 4 aliphatic rings. The molecule has 0 N–H and O–H groups in total. The van der Waals surface area contributed by atoms with Gasteiger partial charge in [-0.3, -0.25) is 14.4 Å². The molecule has 7 atom stereocenters. The van der Waals surface area contributed by atoms with Gasteiger partial charge in [0.25, 0.3) is 0 Å². The van der Waals surface area contributed by atoms with Crippen LogP contribution in [0.2, 0.25) is 0 Å². The highest BCUT2D eigenvalue weighted by atomic mass is 16.7. The largest absolute Gasteiger partial charge is 0.465 e. The van der Waals surface area contributed by atoms with E-state index >= 15 is 0 Å². The number of fused-ring (bicyclic) bond motifs is 2. The van der Waals surface area contributed by atoms with Crippen molar-refractivity contribution < 1.29 is 38.1 Å². The Morgan fingerprint density at radius 1 is 1.14 bits per heavy atom. The van der Waals surface area contributed by atoms with Crippen LogP contribution in [0.1, 0.15) is 47.5 Å². The molecule has 0 aromatic carbocycles. The van der Waals surface area contributed by atoms with Crippen molar-refractivity contribution in [2.24, 2.45) is 10.8 Å². The number of esters is 3. The summed E-state index contributed by atoms with van der Waals surface area (Å²) in [5.41, 5.74) is -1.04. The topological polar surface area (TPSA) is 101 Å². The lowest BCUT2D eigenvalue weighted by atomic mass is 9.51. The van der Waals surface area contributed by atoms with Gasteiger partial charge in [0.15, 0.2) is 12.2 Å². The number of hydrogen-bond donors (Lipinski definition) is 0. The Morgan fingerprint density at radius 3 is 2.34 bits per heavy atom. The molecule has 0 radical (unpaired) electrons. The van der Waals surface area contributed by atoms with E-state index < -0.39 is 46.7 Å². The van der Waals surface area contributed by atoms with E-state index in [1.165, 1.54) is 26.3 Å². The number of carbonyl (C=O) groups excluding carboxylic acids is 3. The van der Waals surface area contributed by atoms with Crippen molar-refractivity contribution in [2.75, 3.05) is 13.2 Å². The van der Waals surface area contributed by atoms with Gasteiger partial charge in [0.05, 0.1) is 18.1 Å². The van der Waals surface area contributed by atoms with E-state index in [9.17, 15) is 14.4 Å². The van der Waals surface area contributed by atoms with Gasteiger partial charge in [0.2, 0.25) is 0 Å². The molecule has 2 saturated heterocycles. The molecule has 160 valence electrons. The summed E-state index contributed by atoms with van der Waals surface area (Å²) in [6, 6.07) is 0. The first-order valence-electron chi connectivity index (χ1n) is 10.0. The van der Waals surface area contributed by atoms with Gasteiger partial charge < -0.3 is 23.7 Å². The second-order valence-corrected chi connectivity index (χ2v) is 8.91. The molecule has 8 heteroatoms. The summed E-state index contributed by atoms with van der Waals surface area (Å²) in [6.07, 6.45) is 1.00. The van der Waals surface area contributed by atoms with Crippen molar-refractivity contribution in [3.63, 3.8) is 0 Å². The van der Waals surface area contributed by atoms with Gasteiger partial charge in [-0.05, 0) is 19.8 Å². The lowest BCUT2D eigenvalue weighted by molar-refractivity contribution is -0.233. The summed E-state index contributed by atoms with van der Waals surface area (Å²) in [4.78, 5) is 35.6. The van der Waals surface area contributed by atoms with E-state index in [4.69, 9.17) is 23.7 Å². The summed E-state index contributed by atoms with van der Waals surface area (Å²) in [6.45, 7) is 8.57. The Morgan fingerprint density at radius 2 is 1.79 bits per heavy atom. The summed E-state index contributed by atoms with van der Waals surface area (Å²) in [5, 5.41) is 0. The van der Waals surface area contributed by atoms with Crippen LogP contribution in [0.15, 0.2) is 11.6 Å². The Balaban J connectivity index is 1.87. The van der Waals surface area contributed by atoms with Gasteiger partial charge in [0.1, 0.15) is 18.3 Å². The fourth-order valence-corrected chi connectivity index (χ4v) is 5.88. The van der Waals surface area contributed by atoms with Crippen molar-refractivity contribution in [2.45, 2.75) is 77.5 Å². The van der Waals surface area contributed by atoms with Crippen molar-refractivity contribution in [3.05, 3.63) is 11.6 Å². The molecule has 2 unspecified atom stereocenters. The maximum Gasteiger partial charge on any atom is 0.303 e. The summed E-state index contributed by atoms with van der Waals surface area (Å²) in [5.74, 6) is -1.34. The molecule has 8 nitrogen and oxygen atoms in total. The maximum absolute atomic E-state index is 12.0. The highest BCUT2D eigenvalue weighted by Crippen LogP contribution is 2.72. The van der Waals surface area contributed by atoms with Crippen LogP contribution in [-0.4, -0.2) is 61.1 Å². The third-order valence-electron chi connectivity index (χ3n) is 7.36. The molecule has 2 aliphatic heterocycles. The first-order chi connectivity index (χ1) is 13.6. The van der Waals surface area contributed by atoms with E-state index in [1.54, 1.807) is 0 Å². The zero-order valence-corrected chi connectivity index (χ0v) is 17.5. The monoisotopic (exact) mass is 408 g/mol. The van der Waals surface area contributed by atoms with Gasteiger partial charge in [-0.2, -0.15) is 0 Å². The van der Waals surface area contributed by atoms with Gasteiger partial charge >= 0.3 is 17.9 Å². The predicted octanol–water partition coefficient (Wildman–Crippen LogP) is 1.70. The number of rotatable bonds is 4. The van der Waals surface area contributed by atoms with Crippen molar-refractivity contribution in [1.82, 2.24) is 0 Å². The summed E-state index contributed by atoms with van der Waals surface area (Å²) in [7, 11) is 0. The van der Waals surface area contributed by atoms with E-state index in [1.807, 2.05) is 13.8 Å². The SMILES string of the molecule is CC(=O)OC[C@]12CCC(C)=C[C@H]1O[C@@H]1[C@H](OC(C)=O)[C@@H](OC(C)=O)C2(C)C12CO2.